The quantitative estimate of drug-likeness (QED) is 0.121. The molecule has 20 heavy (non-hydrogen) atoms. The van der Waals surface area contributed by atoms with Crippen molar-refractivity contribution in [3.05, 3.63) is 0 Å². The number of nitrogens with two attached hydrogens (primary N) is 1. The summed E-state index contributed by atoms with van der Waals surface area (Å²) in [7, 11) is -7.48. The maximum atomic E-state index is 9.29. The first kappa shape index (κ1) is 28.6. The van der Waals surface area contributed by atoms with Crippen molar-refractivity contribution in [1.29, 1.82) is 10.8 Å². The van der Waals surface area contributed by atoms with Crippen LogP contribution in [0.2, 0.25) is 0 Å². The molecule has 5 N–H and O–H groups in total. The Hall–Kier alpha value is 0.520. The topological polar surface area (TPSA) is 213 Å². The van der Waals surface area contributed by atoms with Crippen molar-refractivity contribution in [1.82, 2.24) is 10.2 Å². The first-order chi connectivity index (χ1) is 7.74. The standard InChI is InChI=1S/C4H11N5.2Na.H2O7S2/c1-9(2)4(7)8-3(5)6;;;1-8(2,3)7-9(4,5)6/h1-2H3,(H5,5,6,7,8);;;(H,1,2,3)(H,4,5,6)/q;2*+1;/p-2. The van der Waals surface area contributed by atoms with Crippen LogP contribution in [0.25, 0.3) is 0 Å². The number of hydrogen-bond donors (Lipinski definition) is 4. The first-order valence-corrected chi connectivity index (χ1v) is 6.41. The molecule has 0 atom stereocenters. The van der Waals surface area contributed by atoms with Crippen molar-refractivity contribution in [2.75, 3.05) is 14.1 Å². The van der Waals surface area contributed by atoms with Crippen LogP contribution in [-0.2, 0) is 24.4 Å². The van der Waals surface area contributed by atoms with Gasteiger partial charge in [-0.05, 0) is 0 Å². The minimum absolute atomic E-state index is 0. The van der Waals surface area contributed by atoms with Crippen LogP contribution in [0, 0.1) is 10.8 Å². The molecule has 0 radical (unpaired) electrons. The molecule has 0 saturated heterocycles. The van der Waals surface area contributed by atoms with E-state index in [9.17, 15) is 25.9 Å². The third kappa shape index (κ3) is 27.0. The fourth-order valence-electron chi connectivity index (χ4n) is 0.341. The van der Waals surface area contributed by atoms with Gasteiger partial charge in [0.2, 0.25) is 20.8 Å². The predicted molar refractivity (Wildman–Crippen MR) is 56.9 cm³/mol. The Morgan fingerprint density at radius 2 is 1.40 bits per heavy atom. The molecule has 0 saturated carbocycles. The molecule has 108 valence electrons. The third-order valence-electron chi connectivity index (χ3n) is 0.867. The number of nitrogens with one attached hydrogen (secondary N) is 3. The van der Waals surface area contributed by atoms with Gasteiger partial charge in [0.1, 0.15) is 0 Å². The second-order valence-electron chi connectivity index (χ2n) is 2.67. The Morgan fingerprint density at radius 1 is 1.10 bits per heavy atom. The molecule has 0 bridgehead atoms. The maximum absolute atomic E-state index is 9.29. The molecule has 0 spiro atoms. The molecule has 0 unspecified atom stereocenters. The zero-order valence-corrected chi connectivity index (χ0v) is 16.8. The number of guanidine groups is 2. The summed E-state index contributed by atoms with van der Waals surface area (Å²) in [6, 6.07) is 0. The van der Waals surface area contributed by atoms with E-state index in [4.69, 9.17) is 16.6 Å². The van der Waals surface area contributed by atoms with Gasteiger partial charge in [0.25, 0.3) is 0 Å². The summed E-state index contributed by atoms with van der Waals surface area (Å²) in [4.78, 5) is 1.52. The molecule has 0 aliphatic rings. The zero-order valence-electron chi connectivity index (χ0n) is 11.2. The number of rotatable bonds is 2. The predicted octanol–water partition coefficient (Wildman–Crippen LogP) is -9.10. The van der Waals surface area contributed by atoms with Crippen LogP contribution in [0.4, 0.5) is 0 Å². The monoisotopic (exact) mass is 351 g/mol. The van der Waals surface area contributed by atoms with Gasteiger partial charge in [-0.15, -0.1) is 0 Å². The van der Waals surface area contributed by atoms with Gasteiger partial charge in [-0.1, -0.05) is 0 Å². The van der Waals surface area contributed by atoms with Gasteiger partial charge in [0.15, 0.2) is 11.9 Å². The van der Waals surface area contributed by atoms with Gasteiger partial charge < -0.3 is 19.7 Å². The number of hydrogen-bond acceptors (Lipinski definition) is 9. The van der Waals surface area contributed by atoms with E-state index in [1.54, 1.807) is 14.1 Å². The summed E-state index contributed by atoms with van der Waals surface area (Å²) in [5.41, 5.74) is 4.94. The van der Waals surface area contributed by atoms with Gasteiger partial charge >= 0.3 is 59.1 Å². The molecule has 0 aromatic carbocycles. The normalized spacial score (nSPS) is 9.80. The van der Waals surface area contributed by atoms with Crippen LogP contribution in [0.3, 0.4) is 0 Å². The molecule has 0 heterocycles. The van der Waals surface area contributed by atoms with Gasteiger partial charge in [-0.3, -0.25) is 16.1 Å². The van der Waals surface area contributed by atoms with Crippen molar-refractivity contribution < 1.29 is 88.7 Å². The fourth-order valence-corrected chi connectivity index (χ4v) is 1.16. The largest absolute Gasteiger partial charge is 1.00 e. The average Bonchev–Trinajstić information content (AvgIpc) is 1.95. The van der Waals surface area contributed by atoms with Gasteiger partial charge in [-0.25, -0.2) is 16.8 Å². The van der Waals surface area contributed by atoms with E-state index in [1.165, 1.54) is 4.90 Å². The second-order valence-corrected chi connectivity index (χ2v) is 4.84. The van der Waals surface area contributed by atoms with Crippen molar-refractivity contribution >= 4 is 32.7 Å². The van der Waals surface area contributed by atoms with Crippen LogP contribution in [0.15, 0.2) is 0 Å². The Morgan fingerprint density at radius 3 is 1.45 bits per heavy atom. The summed E-state index contributed by atoms with van der Waals surface area (Å²) in [5.74, 6) is -0.101. The SMILES string of the molecule is CN(C)C(=N)NC(=N)N.O=S(=O)([O-])OS(=O)(=O)[O-].[Na+].[Na+]. The van der Waals surface area contributed by atoms with Crippen LogP contribution in [0.5, 0.6) is 0 Å². The van der Waals surface area contributed by atoms with Crippen LogP contribution >= 0.6 is 0 Å². The van der Waals surface area contributed by atoms with Crippen molar-refractivity contribution in [3.63, 3.8) is 0 Å². The number of nitrogens with zero attached hydrogens (tertiary/aromatic N) is 1. The maximum Gasteiger partial charge on any atom is 1.00 e. The van der Waals surface area contributed by atoms with Crippen molar-refractivity contribution in [2.24, 2.45) is 5.73 Å². The smallest absolute Gasteiger partial charge is 0.725 e. The molecule has 0 aromatic heterocycles. The molecule has 12 nitrogen and oxygen atoms in total. The first-order valence-electron chi connectivity index (χ1n) is 3.74. The van der Waals surface area contributed by atoms with E-state index in [1.807, 2.05) is 0 Å². The Balaban J connectivity index is -0.000000116. The van der Waals surface area contributed by atoms with Gasteiger partial charge in [0, 0.05) is 14.1 Å². The fraction of sp³-hybridized carbons (Fsp3) is 0.500. The second kappa shape index (κ2) is 12.1. The summed E-state index contributed by atoms with van der Waals surface area (Å²) in [5, 5.41) is 16.1. The molecule has 0 amide bonds. The van der Waals surface area contributed by atoms with Crippen LogP contribution in [-0.4, -0.2) is 56.9 Å². The summed E-state index contributed by atoms with van der Waals surface area (Å²) in [6.07, 6.45) is 0. The van der Waals surface area contributed by atoms with E-state index in [-0.39, 0.29) is 71.0 Å². The van der Waals surface area contributed by atoms with E-state index in [0.29, 0.717) is 0 Å². The average molecular weight is 351 g/mol. The molecular formula is C4H11N5Na2O7S2. The van der Waals surface area contributed by atoms with E-state index in [0.717, 1.165) is 0 Å². The Labute approximate surface area is 160 Å². The molecule has 0 aliphatic heterocycles. The van der Waals surface area contributed by atoms with E-state index >= 15 is 0 Å². The molecule has 16 heteroatoms. The van der Waals surface area contributed by atoms with Gasteiger partial charge in [-0.2, -0.15) is 3.63 Å². The third-order valence-corrected chi connectivity index (χ3v) is 2.20. The minimum atomic E-state index is -5.43. The van der Waals surface area contributed by atoms with E-state index in [2.05, 4.69) is 8.95 Å². The van der Waals surface area contributed by atoms with Crippen molar-refractivity contribution in [2.45, 2.75) is 0 Å². The van der Waals surface area contributed by atoms with Crippen LogP contribution in [0.1, 0.15) is 0 Å². The molecule has 0 aromatic rings. The summed E-state index contributed by atoms with van der Waals surface area (Å²) >= 11 is 0. The van der Waals surface area contributed by atoms with Crippen molar-refractivity contribution in [3.8, 4) is 0 Å². The summed E-state index contributed by atoms with van der Waals surface area (Å²) < 4.78 is 58.2. The van der Waals surface area contributed by atoms with E-state index < -0.39 is 20.8 Å². The molecule has 0 aliphatic carbocycles. The summed E-state index contributed by atoms with van der Waals surface area (Å²) in [6.45, 7) is 0. The molecule has 0 rings (SSSR count). The minimum Gasteiger partial charge on any atom is -0.725 e. The van der Waals surface area contributed by atoms with Crippen LogP contribution < -0.4 is 70.2 Å². The Kier molecular flexibility index (Phi) is 17.3. The zero-order chi connectivity index (χ0) is 15.1. The molecular weight excluding hydrogens is 340 g/mol. The molecule has 0 fully saturated rings. The van der Waals surface area contributed by atoms with Gasteiger partial charge in [0.05, 0.1) is 0 Å². The Bertz CT molecular complexity index is 473.